The Kier molecular flexibility index (Phi) is 5.50. The van der Waals surface area contributed by atoms with Gasteiger partial charge in [0.05, 0.1) is 18.3 Å². The second-order valence-corrected chi connectivity index (χ2v) is 4.35. The van der Waals surface area contributed by atoms with E-state index in [1.165, 1.54) is 0 Å². The average Bonchev–Trinajstić information content (AvgIpc) is 2.72. The fourth-order valence-corrected chi connectivity index (χ4v) is 2.02. The highest BCUT2D eigenvalue weighted by molar-refractivity contribution is 7.80. The number of hydrogen-bond acceptors (Lipinski definition) is 4. The van der Waals surface area contributed by atoms with Crippen LogP contribution in [-0.2, 0) is 11.2 Å². The van der Waals surface area contributed by atoms with Gasteiger partial charge in [0.25, 0.3) is 0 Å². The fourth-order valence-electron chi connectivity index (χ4n) is 1.86. The maximum Gasteiger partial charge on any atom is 0.143 e. The van der Waals surface area contributed by atoms with E-state index in [0.29, 0.717) is 23.3 Å². The molecule has 0 aliphatic rings. The second-order valence-electron chi connectivity index (χ2n) is 3.91. The first-order valence-electron chi connectivity index (χ1n) is 5.88. The van der Waals surface area contributed by atoms with E-state index in [1.807, 2.05) is 4.68 Å². The molecule has 5 nitrogen and oxygen atoms in total. The van der Waals surface area contributed by atoms with Crippen LogP contribution < -0.4 is 5.73 Å². The van der Waals surface area contributed by atoms with Gasteiger partial charge in [-0.05, 0) is 12.8 Å². The summed E-state index contributed by atoms with van der Waals surface area (Å²) in [6, 6.07) is 0.345. The van der Waals surface area contributed by atoms with Gasteiger partial charge in [0, 0.05) is 13.5 Å². The molecule has 0 saturated heterocycles. The molecule has 0 spiro atoms. The number of hydrogen-bond donors (Lipinski definition) is 1. The topological polar surface area (TPSA) is 66.0 Å². The van der Waals surface area contributed by atoms with Crippen molar-refractivity contribution in [3.63, 3.8) is 0 Å². The largest absolute Gasteiger partial charge is 0.388 e. The maximum absolute atomic E-state index is 5.66. The third-order valence-corrected chi connectivity index (χ3v) is 3.05. The number of rotatable bonds is 7. The highest BCUT2D eigenvalue weighted by atomic mass is 32.1. The van der Waals surface area contributed by atoms with Crippen LogP contribution in [0.5, 0.6) is 0 Å². The lowest BCUT2D eigenvalue weighted by Crippen LogP contribution is -2.18. The number of ether oxygens (including phenoxy) is 1. The molecular weight excluding hydrogens is 236 g/mol. The molecular formula is C11H20N4OS. The van der Waals surface area contributed by atoms with Crippen LogP contribution in [0.15, 0.2) is 0 Å². The zero-order valence-corrected chi connectivity index (χ0v) is 11.5. The monoisotopic (exact) mass is 256 g/mol. The van der Waals surface area contributed by atoms with Gasteiger partial charge in [0.2, 0.25) is 0 Å². The summed E-state index contributed by atoms with van der Waals surface area (Å²) in [6.07, 6.45) is 2.75. The van der Waals surface area contributed by atoms with Crippen LogP contribution in [0.1, 0.15) is 44.1 Å². The molecule has 0 saturated carbocycles. The summed E-state index contributed by atoms with van der Waals surface area (Å²) in [5.74, 6) is 0. The number of methoxy groups -OCH3 is 1. The Labute approximate surface area is 107 Å². The third kappa shape index (κ3) is 3.23. The summed E-state index contributed by atoms with van der Waals surface area (Å²) in [6.45, 7) is 4.88. The molecule has 0 radical (unpaired) electrons. The molecule has 0 bridgehead atoms. The van der Waals surface area contributed by atoms with Crippen LogP contribution in [0.2, 0.25) is 0 Å². The molecule has 0 fully saturated rings. The summed E-state index contributed by atoms with van der Waals surface area (Å²) >= 11 is 4.99. The minimum absolute atomic E-state index is 0.299. The first-order chi connectivity index (χ1) is 8.15. The molecule has 0 aliphatic carbocycles. The van der Waals surface area contributed by atoms with Gasteiger partial charge in [-0.25, -0.2) is 4.68 Å². The van der Waals surface area contributed by atoms with E-state index in [9.17, 15) is 0 Å². The first kappa shape index (κ1) is 14.1. The zero-order chi connectivity index (χ0) is 12.8. The fraction of sp³-hybridized carbons (Fsp3) is 0.727. The highest BCUT2D eigenvalue weighted by Crippen LogP contribution is 2.19. The number of thiocarbonyl (C=S) groups is 1. The predicted molar refractivity (Wildman–Crippen MR) is 71.1 cm³/mol. The molecule has 0 unspecified atom stereocenters. The quantitative estimate of drug-likeness (QED) is 0.748. The van der Waals surface area contributed by atoms with E-state index in [2.05, 4.69) is 24.2 Å². The number of aromatic nitrogens is 3. The van der Waals surface area contributed by atoms with Crippen molar-refractivity contribution in [2.75, 3.05) is 13.7 Å². The number of nitrogens with zero attached hydrogens (tertiary/aromatic N) is 3. The molecule has 96 valence electrons. The minimum Gasteiger partial charge on any atom is -0.388 e. The minimum atomic E-state index is 0.299. The van der Waals surface area contributed by atoms with Crippen molar-refractivity contribution in [2.24, 2.45) is 5.73 Å². The van der Waals surface area contributed by atoms with E-state index in [0.717, 1.165) is 25.0 Å². The van der Waals surface area contributed by atoms with Crippen molar-refractivity contribution in [1.29, 1.82) is 0 Å². The van der Waals surface area contributed by atoms with Crippen molar-refractivity contribution in [2.45, 2.75) is 39.2 Å². The van der Waals surface area contributed by atoms with Crippen LogP contribution in [0.3, 0.4) is 0 Å². The maximum atomic E-state index is 5.66. The van der Waals surface area contributed by atoms with Crippen LogP contribution in [0.25, 0.3) is 0 Å². The molecule has 0 aliphatic heterocycles. The van der Waals surface area contributed by atoms with Gasteiger partial charge in [-0.2, -0.15) is 0 Å². The van der Waals surface area contributed by atoms with Gasteiger partial charge in [-0.3, -0.25) is 0 Å². The second kappa shape index (κ2) is 6.66. The highest BCUT2D eigenvalue weighted by Gasteiger charge is 2.19. The first-order valence-corrected chi connectivity index (χ1v) is 6.29. The molecule has 1 aromatic rings. The molecule has 0 amide bonds. The molecule has 0 atom stereocenters. The van der Waals surface area contributed by atoms with Crippen LogP contribution in [0, 0.1) is 0 Å². The molecule has 6 heteroatoms. The molecule has 1 aromatic heterocycles. The van der Waals surface area contributed by atoms with Gasteiger partial charge < -0.3 is 10.5 Å². The van der Waals surface area contributed by atoms with Crippen LogP contribution >= 0.6 is 12.2 Å². The smallest absolute Gasteiger partial charge is 0.143 e. The molecule has 1 heterocycles. The average molecular weight is 256 g/mol. The Hall–Kier alpha value is -1.01. The summed E-state index contributed by atoms with van der Waals surface area (Å²) in [7, 11) is 1.67. The van der Waals surface area contributed by atoms with E-state index >= 15 is 0 Å². The summed E-state index contributed by atoms with van der Waals surface area (Å²) in [4.78, 5) is 0.299. The SMILES string of the molecule is CCC(CC)n1nnc(C(N)=S)c1CCOC. The predicted octanol–water partition coefficient (Wildman–Crippen LogP) is 1.46. The Bertz CT molecular complexity index is 374. The summed E-state index contributed by atoms with van der Waals surface area (Å²) in [5.41, 5.74) is 7.27. The Morgan fingerprint density at radius 1 is 1.47 bits per heavy atom. The normalized spacial score (nSPS) is 11.1. The molecule has 17 heavy (non-hydrogen) atoms. The summed E-state index contributed by atoms with van der Waals surface area (Å²) in [5, 5.41) is 8.25. The molecule has 0 aromatic carbocycles. The standard InChI is InChI=1S/C11H20N4OS/c1-4-8(5-2)15-9(6-7-16-3)10(11(12)17)13-14-15/h8H,4-7H2,1-3H3,(H2,12,17). The summed E-state index contributed by atoms with van der Waals surface area (Å²) < 4.78 is 7.04. The van der Waals surface area contributed by atoms with Crippen molar-refractivity contribution in [3.05, 3.63) is 11.4 Å². The van der Waals surface area contributed by atoms with Crippen LogP contribution in [0.4, 0.5) is 0 Å². The lowest BCUT2D eigenvalue weighted by atomic mass is 10.1. The molecule has 2 N–H and O–H groups in total. The van der Waals surface area contributed by atoms with Crippen LogP contribution in [-0.4, -0.2) is 33.7 Å². The van der Waals surface area contributed by atoms with E-state index in [1.54, 1.807) is 7.11 Å². The molecule has 1 rings (SSSR count). The zero-order valence-electron chi connectivity index (χ0n) is 10.6. The Balaban J connectivity index is 3.07. The number of nitrogens with two attached hydrogens (primary N) is 1. The Morgan fingerprint density at radius 2 is 2.12 bits per heavy atom. The lowest BCUT2D eigenvalue weighted by molar-refractivity contribution is 0.199. The van der Waals surface area contributed by atoms with E-state index < -0.39 is 0 Å². The van der Waals surface area contributed by atoms with Gasteiger partial charge in [0.1, 0.15) is 10.7 Å². The van der Waals surface area contributed by atoms with Crippen molar-refractivity contribution in [1.82, 2.24) is 15.0 Å². The van der Waals surface area contributed by atoms with Gasteiger partial charge >= 0.3 is 0 Å². The van der Waals surface area contributed by atoms with Crippen molar-refractivity contribution < 1.29 is 4.74 Å². The van der Waals surface area contributed by atoms with Crippen molar-refractivity contribution in [3.8, 4) is 0 Å². The lowest BCUT2D eigenvalue weighted by Gasteiger charge is -2.15. The third-order valence-electron chi connectivity index (χ3n) is 2.86. The van der Waals surface area contributed by atoms with Gasteiger partial charge in [0.15, 0.2) is 0 Å². The Morgan fingerprint density at radius 3 is 2.59 bits per heavy atom. The van der Waals surface area contributed by atoms with E-state index in [-0.39, 0.29) is 0 Å². The van der Waals surface area contributed by atoms with Crippen molar-refractivity contribution >= 4 is 17.2 Å². The van der Waals surface area contributed by atoms with Gasteiger partial charge in [-0.15, -0.1) is 5.10 Å². The van der Waals surface area contributed by atoms with E-state index in [4.69, 9.17) is 22.7 Å². The van der Waals surface area contributed by atoms with Gasteiger partial charge in [-0.1, -0.05) is 31.3 Å².